The van der Waals surface area contributed by atoms with Gasteiger partial charge in [0.2, 0.25) is 0 Å². The zero-order valence-corrected chi connectivity index (χ0v) is 17.4. The molecule has 1 fully saturated rings. The van der Waals surface area contributed by atoms with Gasteiger partial charge in [0.25, 0.3) is 11.1 Å². The summed E-state index contributed by atoms with van der Waals surface area (Å²) in [7, 11) is 0. The summed E-state index contributed by atoms with van der Waals surface area (Å²) in [4.78, 5) is 12.5. The van der Waals surface area contributed by atoms with Gasteiger partial charge in [-0.25, -0.2) is 4.39 Å². The lowest BCUT2D eigenvalue weighted by atomic mass is 9.84. The smallest absolute Gasteiger partial charge is 0.277 e. The number of rotatable bonds is 8. The van der Waals surface area contributed by atoms with E-state index in [1.807, 2.05) is 12.1 Å². The molecule has 5 nitrogen and oxygen atoms in total. The Bertz CT molecular complexity index is 967. The van der Waals surface area contributed by atoms with Crippen LogP contribution in [0, 0.1) is 5.82 Å². The molecular formula is C23H23FN2O3S. The summed E-state index contributed by atoms with van der Waals surface area (Å²) in [5.74, 6) is 1.36. The van der Waals surface area contributed by atoms with E-state index < -0.39 is 0 Å². The first-order chi connectivity index (χ1) is 14.7. The third kappa shape index (κ3) is 5.48. The number of halogens is 1. The third-order valence-corrected chi connectivity index (χ3v) is 6.08. The Morgan fingerprint density at radius 2 is 1.77 bits per heavy atom. The average molecular weight is 427 g/mol. The van der Waals surface area contributed by atoms with E-state index >= 15 is 0 Å². The number of Topliss-reactive ketones (excluding diaryl/α,β-unsaturated/α-hetero) is 1. The molecule has 0 radical (unpaired) electrons. The van der Waals surface area contributed by atoms with Crippen molar-refractivity contribution in [3.05, 3.63) is 71.4 Å². The fourth-order valence-electron chi connectivity index (χ4n) is 3.62. The minimum Gasteiger partial charge on any atom is -0.484 e. The van der Waals surface area contributed by atoms with E-state index in [1.165, 1.54) is 73.7 Å². The first-order valence-corrected chi connectivity index (χ1v) is 11.1. The number of thioether (sulfide) groups is 1. The van der Waals surface area contributed by atoms with Gasteiger partial charge in [-0.15, -0.1) is 10.2 Å². The van der Waals surface area contributed by atoms with Crippen LogP contribution in [0.3, 0.4) is 0 Å². The molecule has 0 bridgehead atoms. The van der Waals surface area contributed by atoms with Gasteiger partial charge in [-0.3, -0.25) is 4.79 Å². The minimum atomic E-state index is -0.327. The molecule has 156 valence electrons. The molecule has 1 saturated carbocycles. The maximum absolute atomic E-state index is 12.9. The fourth-order valence-corrected chi connectivity index (χ4v) is 4.29. The van der Waals surface area contributed by atoms with E-state index in [0.717, 1.165) is 0 Å². The van der Waals surface area contributed by atoms with Crippen LogP contribution in [0.25, 0.3) is 0 Å². The number of benzene rings is 2. The number of nitrogens with zero attached hydrogens (tertiary/aromatic N) is 2. The van der Waals surface area contributed by atoms with Gasteiger partial charge in [0.15, 0.2) is 12.4 Å². The number of carbonyl (C=O) groups excluding carboxylic acids is 1. The van der Waals surface area contributed by atoms with E-state index in [1.54, 1.807) is 0 Å². The molecule has 4 rings (SSSR count). The lowest BCUT2D eigenvalue weighted by molar-refractivity contribution is 0.102. The molecule has 1 aromatic heterocycles. The summed E-state index contributed by atoms with van der Waals surface area (Å²) in [5, 5.41) is 8.17. The van der Waals surface area contributed by atoms with E-state index in [4.69, 9.17) is 9.15 Å². The number of hydrogen-bond donors (Lipinski definition) is 0. The van der Waals surface area contributed by atoms with Crippen molar-refractivity contribution >= 4 is 17.5 Å². The highest BCUT2D eigenvalue weighted by Crippen LogP contribution is 2.32. The Labute approximate surface area is 179 Å². The van der Waals surface area contributed by atoms with Crippen LogP contribution in [-0.2, 0) is 6.61 Å². The molecule has 0 atom stereocenters. The predicted molar refractivity (Wildman–Crippen MR) is 112 cm³/mol. The van der Waals surface area contributed by atoms with E-state index in [2.05, 4.69) is 22.3 Å². The molecule has 30 heavy (non-hydrogen) atoms. The molecule has 0 spiro atoms. The standard InChI is InChI=1S/C23H23FN2O3S/c24-19-10-12-20(13-11-19)28-14-22-25-26-23(29-22)30-15-21(27)18-8-6-17(7-9-18)16-4-2-1-3-5-16/h6-13,16H,1-5,14-15H2. The monoisotopic (exact) mass is 426 g/mol. The van der Waals surface area contributed by atoms with Crippen LogP contribution in [0.1, 0.15) is 59.8 Å². The van der Waals surface area contributed by atoms with Gasteiger partial charge < -0.3 is 9.15 Å². The van der Waals surface area contributed by atoms with Crippen LogP contribution in [0.15, 0.2) is 58.2 Å². The van der Waals surface area contributed by atoms with Crippen LogP contribution >= 0.6 is 11.8 Å². The highest BCUT2D eigenvalue weighted by Gasteiger charge is 2.16. The molecular weight excluding hydrogens is 403 g/mol. The van der Waals surface area contributed by atoms with Crippen LogP contribution in [0.4, 0.5) is 4.39 Å². The van der Waals surface area contributed by atoms with Gasteiger partial charge in [0, 0.05) is 5.56 Å². The van der Waals surface area contributed by atoms with Gasteiger partial charge >= 0.3 is 0 Å². The zero-order valence-electron chi connectivity index (χ0n) is 16.6. The average Bonchev–Trinajstić information content (AvgIpc) is 3.26. The predicted octanol–water partition coefficient (Wildman–Crippen LogP) is 5.81. The minimum absolute atomic E-state index is 0.0255. The van der Waals surface area contributed by atoms with Gasteiger partial charge in [-0.2, -0.15) is 0 Å². The number of carbonyl (C=O) groups is 1. The van der Waals surface area contributed by atoms with Crippen molar-refractivity contribution in [2.45, 2.75) is 49.9 Å². The van der Waals surface area contributed by atoms with Crippen molar-refractivity contribution in [2.24, 2.45) is 0 Å². The lowest BCUT2D eigenvalue weighted by Crippen LogP contribution is -2.06. The van der Waals surface area contributed by atoms with Gasteiger partial charge in [0.05, 0.1) is 5.75 Å². The summed E-state index contributed by atoms with van der Waals surface area (Å²) in [6.07, 6.45) is 6.41. The van der Waals surface area contributed by atoms with Crippen LogP contribution in [-0.4, -0.2) is 21.7 Å². The van der Waals surface area contributed by atoms with Crippen LogP contribution < -0.4 is 4.74 Å². The Morgan fingerprint density at radius 3 is 2.50 bits per heavy atom. The summed E-state index contributed by atoms with van der Waals surface area (Å²) in [5.41, 5.74) is 2.03. The van der Waals surface area contributed by atoms with Crippen molar-refractivity contribution in [3.8, 4) is 5.75 Å². The number of aromatic nitrogens is 2. The largest absolute Gasteiger partial charge is 0.484 e. The van der Waals surface area contributed by atoms with E-state index in [0.29, 0.717) is 28.3 Å². The molecule has 3 aromatic rings. The second-order valence-corrected chi connectivity index (χ2v) is 8.30. The molecule has 1 aliphatic rings. The number of ether oxygens (including phenoxy) is 1. The highest BCUT2D eigenvalue weighted by atomic mass is 32.2. The Morgan fingerprint density at radius 1 is 1.03 bits per heavy atom. The Hall–Kier alpha value is -2.67. The van der Waals surface area contributed by atoms with Gasteiger partial charge in [0.1, 0.15) is 11.6 Å². The third-order valence-electron chi connectivity index (χ3n) is 5.26. The van der Waals surface area contributed by atoms with Crippen molar-refractivity contribution in [2.75, 3.05) is 5.75 Å². The van der Waals surface area contributed by atoms with Crippen molar-refractivity contribution in [3.63, 3.8) is 0 Å². The number of hydrogen-bond acceptors (Lipinski definition) is 6. The highest BCUT2D eigenvalue weighted by molar-refractivity contribution is 7.99. The SMILES string of the molecule is O=C(CSc1nnc(COc2ccc(F)cc2)o1)c1ccc(C2CCCCC2)cc1. The molecule has 1 aliphatic carbocycles. The fraction of sp³-hybridized carbons (Fsp3) is 0.348. The maximum Gasteiger partial charge on any atom is 0.277 e. The number of ketones is 1. The van der Waals surface area contributed by atoms with Crippen LogP contribution in [0.2, 0.25) is 0 Å². The molecule has 0 N–H and O–H groups in total. The first-order valence-electron chi connectivity index (χ1n) is 10.1. The molecule has 2 aromatic carbocycles. The summed E-state index contributed by atoms with van der Waals surface area (Å²) < 4.78 is 23.9. The van der Waals surface area contributed by atoms with Crippen molar-refractivity contribution in [1.82, 2.24) is 10.2 Å². The van der Waals surface area contributed by atoms with E-state index in [-0.39, 0.29) is 24.0 Å². The Balaban J connectivity index is 1.26. The first kappa shape index (κ1) is 20.6. The molecule has 1 heterocycles. The molecule has 0 aliphatic heterocycles. The van der Waals surface area contributed by atoms with Gasteiger partial charge in [-0.1, -0.05) is 55.3 Å². The quantitative estimate of drug-likeness (QED) is 0.334. The summed E-state index contributed by atoms with van der Waals surface area (Å²) in [6, 6.07) is 13.7. The zero-order chi connectivity index (χ0) is 20.8. The normalized spacial score (nSPS) is 14.6. The van der Waals surface area contributed by atoms with E-state index in [9.17, 15) is 9.18 Å². The van der Waals surface area contributed by atoms with Crippen molar-refractivity contribution < 1.29 is 18.3 Å². The topological polar surface area (TPSA) is 65.2 Å². The molecule has 0 amide bonds. The summed E-state index contributed by atoms with van der Waals surface area (Å²) in [6.45, 7) is 0.0791. The molecule has 7 heteroatoms. The molecule has 0 saturated heterocycles. The van der Waals surface area contributed by atoms with Gasteiger partial charge in [-0.05, 0) is 48.6 Å². The summed E-state index contributed by atoms with van der Waals surface area (Å²) >= 11 is 1.21. The second kappa shape index (κ2) is 9.89. The molecule has 0 unspecified atom stereocenters. The maximum atomic E-state index is 12.9. The second-order valence-electron chi connectivity index (χ2n) is 7.37. The van der Waals surface area contributed by atoms with Crippen molar-refractivity contribution in [1.29, 1.82) is 0 Å². The Kier molecular flexibility index (Phi) is 6.79. The van der Waals surface area contributed by atoms with Crippen LogP contribution in [0.5, 0.6) is 5.75 Å². The lowest BCUT2D eigenvalue weighted by Gasteiger charge is -2.22.